The van der Waals surface area contributed by atoms with Crippen molar-refractivity contribution in [3.63, 3.8) is 0 Å². The van der Waals surface area contributed by atoms with Crippen LogP contribution in [0.2, 0.25) is 5.15 Å². The van der Waals surface area contributed by atoms with Gasteiger partial charge in [-0.1, -0.05) is 29.8 Å². The standard InChI is InChI=1S/C24H22ClFN6/c25-23-19(16-29-32(23)21-4-2-1-3-5-21)17-30-12-14-31(15-13-30)24-22(27-10-11-28-24)18-6-8-20(26)9-7-18/h1-11,16H,12-15,17H2. The molecule has 1 saturated heterocycles. The lowest BCUT2D eigenvalue weighted by Gasteiger charge is -2.35. The molecule has 0 bridgehead atoms. The van der Waals surface area contributed by atoms with Gasteiger partial charge in [0, 0.05) is 56.2 Å². The van der Waals surface area contributed by atoms with Crippen LogP contribution in [-0.4, -0.2) is 50.8 Å². The van der Waals surface area contributed by atoms with E-state index in [1.165, 1.54) is 12.1 Å². The summed E-state index contributed by atoms with van der Waals surface area (Å²) in [5.74, 6) is 0.565. The van der Waals surface area contributed by atoms with E-state index in [1.807, 2.05) is 36.5 Å². The molecule has 0 radical (unpaired) electrons. The summed E-state index contributed by atoms with van der Waals surface area (Å²) in [4.78, 5) is 13.7. The average Bonchev–Trinajstić information content (AvgIpc) is 3.20. The zero-order valence-corrected chi connectivity index (χ0v) is 18.2. The second-order valence-corrected chi connectivity index (χ2v) is 8.06. The summed E-state index contributed by atoms with van der Waals surface area (Å²) in [6.45, 7) is 4.11. The molecule has 2 aromatic heterocycles. The van der Waals surface area contributed by atoms with E-state index in [2.05, 4.69) is 24.9 Å². The fourth-order valence-corrected chi connectivity index (χ4v) is 4.20. The van der Waals surface area contributed by atoms with Crippen molar-refractivity contribution in [2.75, 3.05) is 31.1 Å². The van der Waals surface area contributed by atoms with E-state index in [0.29, 0.717) is 5.15 Å². The highest BCUT2D eigenvalue weighted by atomic mass is 35.5. The molecule has 0 amide bonds. The first kappa shape index (κ1) is 20.6. The summed E-state index contributed by atoms with van der Waals surface area (Å²) in [6.07, 6.45) is 5.22. The molecule has 0 unspecified atom stereocenters. The van der Waals surface area contributed by atoms with Crippen LogP contribution >= 0.6 is 11.6 Å². The van der Waals surface area contributed by atoms with Crippen LogP contribution in [0.15, 0.2) is 73.2 Å². The Labute approximate surface area is 190 Å². The van der Waals surface area contributed by atoms with Gasteiger partial charge in [-0.25, -0.2) is 14.1 Å². The van der Waals surface area contributed by atoms with Gasteiger partial charge < -0.3 is 4.90 Å². The fraction of sp³-hybridized carbons (Fsp3) is 0.208. The third-order valence-corrected chi connectivity index (χ3v) is 6.05. The molecular formula is C24H22ClFN6. The number of anilines is 1. The van der Waals surface area contributed by atoms with Crippen LogP contribution in [0, 0.1) is 5.82 Å². The van der Waals surface area contributed by atoms with Gasteiger partial charge in [0.15, 0.2) is 5.82 Å². The Bertz CT molecular complexity index is 1190. The highest BCUT2D eigenvalue weighted by molar-refractivity contribution is 6.30. The van der Waals surface area contributed by atoms with Crippen LogP contribution in [0.1, 0.15) is 5.56 Å². The molecule has 1 fully saturated rings. The lowest BCUT2D eigenvalue weighted by Crippen LogP contribution is -2.46. The molecule has 0 N–H and O–H groups in total. The van der Waals surface area contributed by atoms with Gasteiger partial charge in [0.05, 0.1) is 11.9 Å². The minimum absolute atomic E-state index is 0.262. The highest BCUT2D eigenvalue weighted by Crippen LogP contribution is 2.28. The Morgan fingerprint density at radius 2 is 1.59 bits per heavy atom. The van der Waals surface area contributed by atoms with Gasteiger partial charge in [0.25, 0.3) is 0 Å². The van der Waals surface area contributed by atoms with Crippen molar-refractivity contribution in [1.82, 2.24) is 24.6 Å². The number of rotatable bonds is 5. The Morgan fingerprint density at radius 3 is 2.34 bits per heavy atom. The molecule has 6 nitrogen and oxygen atoms in total. The molecule has 0 atom stereocenters. The summed E-state index contributed by atoms with van der Waals surface area (Å²) in [7, 11) is 0. The van der Waals surface area contributed by atoms with Gasteiger partial charge >= 0.3 is 0 Å². The first-order chi connectivity index (χ1) is 15.7. The predicted octanol–water partition coefficient (Wildman–Crippen LogP) is 4.44. The molecule has 0 spiro atoms. The molecule has 2 aromatic carbocycles. The average molecular weight is 449 g/mol. The van der Waals surface area contributed by atoms with Gasteiger partial charge in [-0.15, -0.1) is 0 Å². The van der Waals surface area contributed by atoms with E-state index in [-0.39, 0.29) is 5.82 Å². The number of hydrogen-bond acceptors (Lipinski definition) is 5. The van der Waals surface area contributed by atoms with E-state index in [9.17, 15) is 4.39 Å². The van der Waals surface area contributed by atoms with Crippen molar-refractivity contribution in [2.45, 2.75) is 6.54 Å². The fourth-order valence-electron chi connectivity index (χ4n) is 3.95. The van der Waals surface area contributed by atoms with Gasteiger partial charge in [-0.2, -0.15) is 5.10 Å². The van der Waals surface area contributed by atoms with Crippen LogP contribution in [0.4, 0.5) is 10.2 Å². The molecule has 32 heavy (non-hydrogen) atoms. The third-order valence-electron chi connectivity index (χ3n) is 5.64. The zero-order chi connectivity index (χ0) is 21.9. The molecule has 5 rings (SSSR count). The lowest BCUT2D eigenvalue weighted by atomic mass is 10.1. The number of piperazine rings is 1. The zero-order valence-electron chi connectivity index (χ0n) is 17.4. The minimum atomic E-state index is -0.262. The maximum atomic E-state index is 13.3. The Hall–Kier alpha value is -3.29. The number of hydrogen-bond donors (Lipinski definition) is 0. The number of aromatic nitrogens is 4. The Kier molecular flexibility index (Phi) is 5.83. The van der Waals surface area contributed by atoms with Gasteiger partial charge in [-0.05, 0) is 36.4 Å². The topological polar surface area (TPSA) is 50.1 Å². The molecule has 4 aromatic rings. The smallest absolute Gasteiger partial charge is 0.155 e. The first-order valence-electron chi connectivity index (χ1n) is 10.5. The molecule has 162 valence electrons. The molecular weight excluding hydrogens is 427 g/mol. The van der Waals surface area contributed by atoms with E-state index in [4.69, 9.17) is 11.6 Å². The molecule has 0 saturated carbocycles. The SMILES string of the molecule is Fc1ccc(-c2nccnc2N2CCN(Cc3cnn(-c4ccccc4)c3Cl)CC2)cc1. The summed E-state index contributed by atoms with van der Waals surface area (Å²) in [5.41, 5.74) is 3.59. The number of halogens is 2. The van der Waals surface area contributed by atoms with E-state index in [1.54, 1.807) is 29.2 Å². The van der Waals surface area contributed by atoms with Crippen molar-refractivity contribution >= 4 is 17.4 Å². The van der Waals surface area contributed by atoms with Crippen molar-refractivity contribution in [3.05, 3.63) is 89.7 Å². The number of nitrogens with zero attached hydrogens (tertiary/aromatic N) is 6. The van der Waals surface area contributed by atoms with Crippen molar-refractivity contribution < 1.29 is 4.39 Å². The molecule has 8 heteroatoms. The summed E-state index contributed by atoms with van der Waals surface area (Å²) in [6, 6.07) is 16.3. The molecule has 1 aliphatic heterocycles. The van der Waals surface area contributed by atoms with Gasteiger partial charge in [0.2, 0.25) is 0 Å². The third kappa shape index (κ3) is 4.22. The Morgan fingerprint density at radius 1 is 0.875 bits per heavy atom. The van der Waals surface area contributed by atoms with Gasteiger partial charge in [-0.3, -0.25) is 9.88 Å². The normalized spacial score (nSPS) is 14.6. The van der Waals surface area contributed by atoms with Gasteiger partial charge in [0.1, 0.15) is 16.7 Å². The summed E-state index contributed by atoms with van der Waals surface area (Å²) >= 11 is 6.62. The van der Waals surface area contributed by atoms with Crippen LogP contribution in [-0.2, 0) is 6.54 Å². The van der Waals surface area contributed by atoms with Crippen LogP contribution < -0.4 is 4.90 Å². The number of para-hydroxylation sites is 1. The highest BCUT2D eigenvalue weighted by Gasteiger charge is 2.23. The van der Waals surface area contributed by atoms with E-state index >= 15 is 0 Å². The maximum Gasteiger partial charge on any atom is 0.155 e. The monoisotopic (exact) mass is 448 g/mol. The van der Waals surface area contributed by atoms with Crippen LogP contribution in [0.3, 0.4) is 0 Å². The Balaban J connectivity index is 1.27. The second-order valence-electron chi connectivity index (χ2n) is 7.71. The van der Waals surface area contributed by atoms with Crippen LogP contribution in [0.25, 0.3) is 16.9 Å². The molecule has 1 aliphatic rings. The van der Waals surface area contributed by atoms with Crippen LogP contribution in [0.5, 0.6) is 0 Å². The molecule has 0 aliphatic carbocycles. The van der Waals surface area contributed by atoms with Crippen molar-refractivity contribution in [1.29, 1.82) is 0 Å². The quantitative estimate of drug-likeness (QED) is 0.451. The number of benzene rings is 2. The van der Waals surface area contributed by atoms with E-state index in [0.717, 1.165) is 61.0 Å². The largest absolute Gasteiger partial charge is 0.352 e. The minimum Gasteiger partial charge on any atom is -0.352 e. The van der Waals surface area contributed by atoms with Crippen molar-refractivity contribution in [2.24, 2.45) is 0 Å². The van der Waals surface area contributed by atoms with E-state index < -0.39 is 0 Å². The lowest BCUT2D eigenvalue weighted by molar-refractivity contribution is 0.249. The van der Waals surface area contributed by atoms with Crippen molar-refractivity contribution in [3.8, 4) is 16.9 Å². The summed E-state index contributed by atoms with van der Waals surface area (Å²) in [5, 5.41) is 5.11. The summed E-state index contributed by atoms with van der Waals surface area (Å²) < 4.78 is 15.1. The predicted molar refractivity (Wildman–Crippen MR) is 123 cm³/mol. The first-order valence-corrected chi connectivity index (χ1v) is 10.9. The second kappa shape index (κ2) is 9.06. The maximum absolute atomic E-state index is 13.3. The molecule has 3 heterocycles.